The summed E-state index contributed by atoms with van der Waals surface area (Å²) in [5.74, 6) is 0.673. The number of benzene rings is 2. The Bertz CT molecular complexity index is 859. The van der Waals surface area contributed by atoms with E-state index in [1.807, 2.05) is 37.3 Å². The number of anilines is 2. The van der Waals surface area contributed by atoms with Crippen molar-refractivity contribution in [3.8, 4) is 11.3 Å². The number of amides is 1. The normalized spacial score (nSPS) is 10.6. The molecule has 3 rings (SSSR count). The molecule has 0 spiro atoms. The second kappa shape index (κ2) is 6.81. The largest absolute Gasteiger partial charge is 0.451 e. The molecule has 0 saturated heterocycles. The molecule has 0 aliphatic heterocycles. The zero-order valence-electron chi connectivity index (χ0n) is 13.2. The lowest BCUT2D eigenvalue weighted by Crippen LogP contribution is -2.30. The van der Waals surface area contributed by atoms with Crippen LogP contribution >= 0.6 is 11.6 Å². The Morgan fingerprint density at radius 2 is 1.88 bits per heavy atom. The number of halogens is 1. The summed E-state index contributed by atoms with van der Waals surface area (Å²) >= 11 is 5.94. The van der Waals surface area contributed by atoms with Crippen LogP contribution in [0.25, 0.3) is 11.3 Å². The Morgan fingerprint density at radius 3 is 2.54 bits per heavy atom. The number of para-hydroxylation sites is 1. The van der Waals surface area contributed by atoms with Crippen molar-refractivity contribution in [2.75, 3.05) is 17.2 Å². The molecule has 2 N–H and O–H groups in total. The molecule has 0 bridgehead atoms. The number of hydrogen-bond donors (Lipinski definition) is 1. The minimum absolute atomic E-state index is 0.183. The van der Waals surface area contributed by atoms with E-state index in [1.54, 1.807) is 35.2 Å². The number of carbonyl (C=O) groups excluding carboxylic acids is 1. The molecule has 4 nitrogen and oxygen atoms in total. The number of carbonyl (C=O) groups is 1. The van der Waals surface area contributed by atoms with Crippen LogP contribution in [-0.2, 0) is 0 Å². The first kappa shape index (κ1) is 16.1. The highest BCUT2D eigenvalue weighted by atomic mass is 35.5. The van der Waals surface area contributed by atoms with E-state index in [-0.39, 0.29) is 11.7 Å². The van der Waals surface area contributed by atoms with Gasteiger partial charge in [0, 0.05) is 17.8 Å². The van der Waals surface area contributed by atoms with Gasteiger partial charge in [0.05, 0.1) is 10.7 Å². The van der Waals surface area contributed by atoms with Crippen molar-refractivity contribution in [3.63, 3.8) is 0 Å². The standard InChI is InChI=1S/C19H17ClN2O2/c1-2-22(14-6-4-3-5-7-14)19(23)18-11-10-17(24-18)13-8-9-15(20)16(21)12-13/h3-12H,2,21H2,1H3. The van der Waals surface area contributed by atoms with Gasteiger partial charge in [-0.05, 0) is 49.4 Å². The predicted octanol–water partition coefficient (Wildman–Crippen LogP) is 4.85. The Hall–Kier alpha value is -2.72. The Labute approximate surface area is 145 Å². The van der Waals surface area contributed by atoms with E-state index in [9.17, 15) is 4.79 Å². The summed E-state index contributed by atoms with van der Waals surface area (Å²) < 4.78 is 5.74. The lowest BCUT2D eigenvalue weighted by atomic mass is 10.1. The highest BCUT2D eigenvalue weighted by molar-refractivity contribution is 6.33. The summed E-state index contributed by atoms with van der Waals surface area (Å²) in [5.41, 5.74) is 7.90. The van der Waals surface area contributed by atoms with Gasteiger partial charge in [0.15, 0.2) is 5.76 Å². The van der Waals surface area contributed by atoms with Crippen LogP contribution in [0.4, 0.5) is 11.4 Å². The number of nitrogen functional groups attached to an aromatic ring is 1. The van der Waals surface area contributed by atoms with Gasteiger partial charge in [-0.15, -0.1) is 0 Å². The molecule has 3 aromatic rings. The maximum atomic E-state index is 12.7. The summed E-state index contributed by atoms with van der Waals surface area (Å²) in [6.07, 6.45) is 0. The lowest BCUT2D eigenvalue weighted by molar-refractivity contribution is 0.0962. The number of rotatable bonds is 4. The van der Waals surface area contributed by atoms with E-state index in [1.165, 1.54) is 0 Å². The lowest BCUT2D eigenvalue weighted by Gasteiger charge is -2.19. The van der Waals surface area contributed by atoms with Crippen LogP contribution in [0.2, 0.25) is 5.02 Å². The topological polar surface area (TPSA) is 59.5 Å². The fourth-order valence-corrected chi connectivity index (χ4v) is 2.61. The van der Waals surface area contributed by atoms with Crippen LogP contribution in [0.3, 0.4) is 0 Å². The van der Waals surface area contributed by atoms with Gasteiger partial charge < -0.3 is 15.1 Å². The molecule has 122 valence electrons. The summed E-state index contributed by atoms with van der Waals surface area (Å²) in [7, 11) is 0. The second-order valence-corrected chi connectivity index (χ2v) is 5.69. The summed E-state index contributed by atoms with van der Waals surface area (Å²) in [5, 5.41) is 0.489. The molecule has 1 amide bonds. The highest BCUT2D eigenvalue weighted by Crippen LogP contribution is 2.29. The summed E-state index contributed by atoms with van der Waals surface area (Å²) in [4.78, 5) is 14.4. The van der Waals surface area contributed by atoms with Crippen molar-refractivity contribution >= 4 is 28.9 Å². The van der Waals surface area contributed by atoms with Crippen molar-refractivity contribution < 1.29 is 9.21 Å². The first-order valence-corrected chi connectivity index (χ1v) is 8.00. The number of hydrogen-bond acceptors (Lipinski definition) is 3. The Balaban J connectivity index is 1.89. The highest BCUT2D eigenvalue weighted by Gasteiger charge is 2.20. The quantitative estimate of drug-likeness (QED) is 0.691. The second-order valence-electron chi connectivity index (χ2n) is 5.29. The molecular formula is C19H17ClN2O2. The van der Waals surface area contributed by atoms with Crippen molar-refractivity contribution in [2.24, 2.45) is 0 Å². The maximum absolute atomic E-state index is 12.7. The molecule has 1 heterocycles. The van der Waals surface area contributed by atoms with Crippen molar-refractivity contribution in [3.05, 3.63) is 71.4 Å². The summed E-state index contributed by atoms with van der Waals surface area (Å²) in [6.45, 7) is 2.47. The Morgan fingerprint density at radius 1 is 1.12 bits per heavy atom. The van der Waals surface area contributed by atoms with Crippen LogP contribution in [0, 0.1) is 0 Å². The van der Waals surface area contributed by atoms with Crippen molar-refractivity contribution in [1.82, 2.24) is 0 Å². The van der Waals surface area contributed by atoms with Crippen LogP contribution in [0.1, 0.15) is 17.5 Å². The molecule has 0 aliphatic carbocycles. The predicted molar refractivity (Wildman–Crippen MR) is 97.4 cm³/mol. The monoisotopic (exact) mass is 340 g/mol. The van der Waals surface area contributed by atoms with E-state index >= 15 is 0 Å². The van der Waals surface area contributed by atoms with Gasteiger partial charge >= 0.3 is 0 Å². The molecule has 0 fully saturated rings. The van der Waals surface area contributed by atoms with E-state index in [0.29, 0.717) is 23.0 Å². The van der Waals surface area contributed by atoms with E-state index in [0.717, 1.165) is 11.3 Å². The van der Waals surface area contributed by atoms with Gasteiger partial charge in [0.25, 0.3) is 5.91 Å². The minimum Gasteiger partial charge on any atom is -0.451 e. The molecule has 5 heteroatoms. The Kier molecular flexibility index (Phi) is 4.58. The van der Waals surface area contributed by atoms with Crippen molar-refractivity contribution in [1.29, 1.82) is 0 Å². The van der Waals surface area contributed by atoms with Crippen LogP contribution in [0.15, 0.2) is 65.1 Å². The molecule has 1 aromatic heterocycles. The van der Waals surface area contributed by atoms with Gasteiger partial charge in [0.1, 0.15) is 5.76 Å². The maximum Gasteiger partial charge on any atom is 0.293 e. The van der Waals surface area contributed by atoms with Crippen LogP contribution < -0.4 is 10.6 Å². The van der Waals surface area contributed by atoms with Gasteiger partial charge in [-0.25, -0.2) is 0 Å². The first-order valence-electron chi connectivity index (χ1n) is 7.62. The third-order valence-electron chi connectivity index (χ3n) is 3.73. The zero-order chi connectivity index (χ0) is 17.1. The summed E-state index contributed by atoms with van der Waals surface area (Å²) in [6, 6.07) is 18.2. The third-order valence-corrected chi connectivity index (χ3v) is 4.07. The molecule has 0 unspecified atom stereocenters. The third kappa shape index (κ3) is 3.14. The van der Waals surface area contributed by atoms with E-state index in [4.69, 9.17) is 21.8 Å². The number of furan rings is 1. The number of nitrogens with two attached hydrogens (primary N) is 1. The molecule has 0 atom stereocenters. The van der Waals surface area contributed by atoms with Gasteiger partial charge in [0.2, 0.25) is 0 Å². The molecule has 0 radical (unpaired) electrons. The first-order chi connectivity index (χ1) is 11.6. The van der Waals surface area contributed by atoms with Gasteiger partial charge in [-0.1, -0.05) is 29.8 Å². The molecule has 0 saturated carbocycles. The average Bonchev–Trinajstić information content (AvgIpc) is 3.09. The average molecular weight is 341 g/mol. The fraction of sp³-hybridized carbons (Fsp3) is 0.105. The van der Waals surface area contributed by atoms with E-state index < -0.39 is 0 Å². The molecule has 2 aromatic carbocycles. The minimum atomic E-state index is -0.183. The fourth-order valence-electron chi connectivity index (χ4n) is 2.49. The van der Waals surface area contributed by atoms with Gasteiger partial charge in [-0.3, -0.25) is 4.79 Å². The van der Waals surface area contributed by atoms with Crippen molar-refractivity contribution in [2.45, 2.75) is 6.92 Å². The van der Waals surface area contributed by atoms with Gasteiger partial charge in [-0.2, -0.15) is 0 Å². The molecule has 0 aliphatic rings. The van der Waals surface area contributed by atoms with E-state index in [2.05, 4.69) is 0 Å². The van der Waals surface area contributed by atoms with Crippen LogP contribution in [0.5, 0.6) is 0 Å². The molecular weight excluding hydrogens is 324 g/mol. The smallest absolute Gasteiger partial charge is 0.293 e. The SMILES string of the molecule is CCN(C(=O)c1ccc(-c2ccc(Cl)c(N)c2)o1)c1ccccc1. The number of nitrogens with zero attached hydrogens (tertiary/aromatic N) is 1. The zero-order valence-corrected chi connectivity index (χ0v) is 14.0. The molecule has 24 heavy (non-hydrogen) atoms. The van der Waals surface area contributed by atoms with Crippen LogP contribution in [-0.4, -0.2) is 12.5 Å².